The van der Waals surface area contributed by atoms with Gasteiger partial charge in [-0.15, -0.1) is 0 Å². The number of amides is 1. The summed E-state index contributed by atoms with van der Waals surface area (Å²) >= 11 is 0. The molecular weight excluding hydrogens is 350 g/mol. The van der Waals surface area contributed by atoms with E-state index < -0.39 is 4.92 Å². The van der Waals surface area contributed by atoms with Gasteiger partial charge in [-0.3, -0.25) is 14.9 Å². The second-order valence-electron chi connectivity index (χ2n) is 6.28. The van der Waals surface area contributed by atoms with Crippen molar-refractivity contribution < 1.29 is 19.2 Å². The maximum absolute atomic E-state index is 12.1. The van der Waals surface area contributed by atoms with Crippen LogP contribution in [0.1, 0.15) is 28.8 Å². The largest absolute Gasteiger partial charge is 0.493 e. The van der Waals surface area contributed by atoms with Gasteiger partial charge in [-0.05, 0) is 42.7 Å². The third kappa shape index (κ3) is 4.46. The first kappa shape index (κ1) is 18.5. The molecule has 0 unspecified atom stereocenters. The molecule has 2 N–H and O–H groups in total. The Morgan fingerprint density at radius 3 is 2.52 bits per heavy atom. The Balaban J connectivity index is 1.75. The molecule has 3 rings (SSSR count). The lowest BCUT2D eigenvalue weighted by atomic mass is 10.1. The fourth-order valence-corrected chi connectivity index (χ4v) is 2.66. The Bertz CT molecular complexity index is 864. The summed E-state index contributed by atoms with van der Waals surface area (Å²) in [6, 6.07) is 10.1. The van der Waals surface area contributed by atoms with Crippen LogP contribution in [0.4, 0.5) is 11.4 Å². The molecule has 0 spiro atoms. The number of nitrogens with one attached hydrogen (secondary N) is 2. The van der Waals surface area contributed by atoms with Gasteiger partial charge in [0.05, 0.1) is 19.1 Å². The third-order valence-corrected chi connectivity index (χ3v) is 4.30. The summed E-state index contributed by atoms with van der Waals surface area (Å²) in [5, 5.41) is 17.3. The van der Waals surface area contributed by atoms with Crippen molar-refractivity contribution in [2.45, 2.75) is 25.4 Å². The van der Waals surface area contributed by atoms with Gasteiger partial charge in [0.1, 0.15) is 5.69 Å². The van der Waals surface area contributed by atoms with Crippen LogP contribution < -0.4 is 20.1 Å². The summed E-state index contributed by atoms with van der Waals surface area (Å²) in [6.07, 6.45) is 1.91. The normalized spacial score (nSPS) is 13.0. The minimum atomic E-state index is -0.495. The summed E-state index contributed by atoms with van der Waals surface area (Å²) < 4.78 is 10.5. The number of nitrogens with zero attached hydrogens (tertiary/aromatic N) is 1. The van der Waals surface area contributed by atoms with E-state index in [-0.39, 0.29) is 23.2 Å². The van der Waals surface area contributed by atoms with E-state index in [9.17, 15) is 14.9 Å². The monoisotopic (exact) mass is 371 g/mol. The molecule has 1 aliphatic rings. The third-order valence-electron chi connectivity index (χ3n) is 4.30. The van der Waals surface area contributed by atoms with E-state index in [0.29, 0.717) is 23.7 Å². The van der Waals surface area contributed by atoms with Crippen LogP contribution >= 0.6 is 0 Å². The summed E-state index contributed by atoms with van der Waals surface area (Å²) in [7, 11) is 3.10. The minimum absolute atomic E-state index is 0.140. The molecule has 0 aromatic heterocycles. The van der Waals surface area contributed by atoms with E-state index in [0.717, 1.165) is 18.4 Å². The van der Waals surface area contributed by atoms with Crippen molar-refractivity contribution >= 4 is 17.3 Å². The lowest BCUT2D eigenvalue weighted by Crippen LogP contribution is -2.25. The average molecular weight is 371 g/mol. The number of ether oxygens (including phenoxy) is 2. The zero-order chi connectivity index (χ0) is 19.4. The SMILES string of the molecule is COc1ccc(CNc2ccc(C(=O)NC3CC3)cc2[N+](=O)[O-])cc1OC. The summed E-state index contributed by atoms with van der Waals surface area (Å²) in [4.78, 5) is 23.0. The molecule has 0 heterocycles. The molecule has 2 aromatic carbocycles. The number of nitro benzene ring substituents is 1. The van der Waals surface area contributed by atoms with E-state index in [1.165, 1.54) is 6.07 Å². The van der Waals surface area contributed by atoms with Crippen molar-refractivity contribution in [2.75, 3.05) is 19.5 Å². The van der Waals surface area contributed by atoms with Gasteiger partial charge in [0.25, 0.3) is 11.6 Å². The number of carbonyl (C=O) groups excluding carboxylic acids is 1. The van der Waals surface area contributed by atoms with Crippen molar-refractivity contribution in [1.82, 2.24) is 5.32 Å². The van der Waals surface area contributed by atoms with Crippen LogP contribution in [0.25, 0.3) is 0 Å². The van der Waals surface area contributed by atoms with Crippen LogP contribution in [-0.2, 0) is 6.54 Å². The van der Waals surface area contributed by atoms with Gasteiger partial charge in [0, 0.05) is 24.2 Å². The first-order valence-electron chi connectivity index (χ1n) is 8.56. The van der Waals surface area contributed by atoms with Crippen molar-refractivity contribution in [2.24, 2.45) is 0 Å². The molecule has 1 aliphatic carbocycles. The van der Waals surface area contributed by atoms with E-state index in [4.69, 9.17) is 9.47 Å². The van der Waals surface area contributed by atoms with Crippen LogP contribution in [0.15, 0.2) is 36.4 Å². The Labute approximate surface area is 156 Å². The number of anilines is 1. The van der Waals surface area contributed by atoms with Crippen molar-refractivity contribution in [3.05, 3.63) is 57.6 Å². The molecule has 1 saturated carbocycles. The molecule has 0 aliphatic heterocycles. The second-order valence-corrected chi connectivity index (χ2v) is 6.28. The Hall–Kier alpha value is -3.29. The van der Waals surface area contributed by atoms with Gasteiger partial charge in [-0.1, -0.05) is 6.07 Å². The highest BCUT2D eigenvalue weighted by atomic mass is 16.6. The highest BCUT2D eigenvalue weighted by Gasteiger charge is 2.25. The summed E-state index contributed by atoms with van der Waals surface area (Å²) in [5.41, 5.74) is 1.36. The standard InChI is InChI=1S/C19H21N3O5/c1-26-17-8-3-12(9-18(17)27-2)11-20-15-7-4-13(10-16(15)22(24)25)19(23)21-14-5-6-14/h3-4,7-10,14,20H,5-6,11H2,1-2H3,(H,21,23). The number of carbonyl (C=O) groups is 1. The predicted molar refractivity (Wildman–Crippen MR) is 100 cm³/mol. The zero-order valence-electron chi connectivity index (χ0n) is 15.2. The molecule has 8 nitrogen and oxygen atoms in total. The molecule has 27 heavy (non-hydrogen) atoms. The van der Waals surface area contributed by atoms with Crippen LogP contribution in [0, 0.1) is 10.1 Å². The number of methoxy groups -OCH3 is 2. The molecule has 1 amide bonds. The lowest BCUT2D eigenvalue weighted by molar-refractivity contribution is -0.384. The Morgan fingerprint density at radius 1 is 1.15 bits per heavy atom. The predicted octanol–water partition coefficient (Wildman–Crippen LogP) is 3.12. The van der Waals surface area contributed by atoms with Crippen molar-refractivity contribution in [1.29, 1.82) is 0 Å². The fourth-order valence-electron chi connectivity index (χ4n) is 2.66. The number of rotatable bonds is 8. The van der Waals surface area contributed by atoms with Crippen LogP contribution in [0.2, 0.25) is 0 Å². The van der Waals surface area contributed by atoms with Gasteiger partial charge in [-0.25, -0.2) is 0 Å². The molecule has 0 radical (unpaired) electrons. The van der Waals surface area contributed by atoms with E-state index in [2.05, 4.69) is 10.6 Å². The Kier molecular flexibility index (Phi) is 5.44. The number of benzene rings is 2. The van der Waals surface area contributed by atoms with E-state index >= 15 is 0 Å². The zero-order valence-corrected chi connectivity index (χ0v) is 15.2. The highest BCUT2D eigenvalue weighted by Crippen LogP contribution is 2.30. The minimum Gasteiger partial charge on any atom is -0.493 e. The molecule has 0 bridgehead atoms. The first-order valence-corrected chi connectivity index (χ1v) is 8.56. The molecule has 0 atom stereocenters. The Morgan fingerprint density at radius 2 is 1.89 bits per heavy atom. The number of nitro groups is 1. The topological polar surface area (TPSA) is 103 Å². The van der Waals surface area contributed by atoms with Gasteiger partial charge in [-0.2, -0.15) is 0 Å². The smallest absolute Gasteiger partial charge is 0.293 e. The maximum Gasteiger partial charge on any atom is 0.293 e. The molecule has 1 fully saturated rings. The quantitative estimate of drug-likeness (QED) is 0.546. The van der Waals surface area contributed by atoms with Gasteiger partial charge < -0.3 is 20.1 Å². The molecule has 2 aromatic rings. The maximum atomic E-state index is 12.1. The van der Waals surface area contributed by atoms with Gasteiger partial charge >= 0.3 is 0 Å². The van der Waals surface area contributed by atoms with Gasteiger partial charge in [0.2, 0.25) is 0 Å². The summed E-state index contributed by atoms with van der Waals surface area (Å²) in [5.74, 6) is 0.906. The molecule has 142 valence electrons. The van der Waals surface area contributed by atoms with Gasteiger partial charge in [0.15, 0.2) is 11.5 Å². The van der Waals surface area contributed by atoms with E-state index in [1.807, 2.05) is 6.07 Å². The van der Waals surface area contributed by atoms with E-state index in [1.54, 1.807) is 38.5 Å². The van der Waals surface area contributed by atoms with Crippen LogP contribution in [-0.4, -0.2) is 31.1 Å². The number of hydrogen-bond acceptors (Lipinski definition) is 6. The summed E-state index contributed by atoms with van der Waals surface area (Å²) in [6.45, 7) is 0.356. The first-order chi connectivity index (χ1) is 13.0. The molecule has 8 heteroatoms. The van der Waals surface area contributed by atoms with Crippen molar-refractivity contribution in [3.8, 4) is 11.5 Å². The van der Waals surface area contributed by atoms with Crippen LogP contribution in [0.5, 0.6) is 11.5 Å². The van der Waals surface area contributed by atoms with Crippen LogP contribution in [0.3, 0.4) is 0 Å². The highest BCUT2D eigenvalue weighted by molar-refractivity contribution is 5.96. The number of hydrogen-bond donors (Lipinski definition) is 2. The fraction of sp³-hybridized carbons (Fsp3) is 0.316. The average Bonchev–Trinajstić information content (AvgIpc) is 3.49. The molecule has 0 saturated heterocycles. The second kappa shape index (κ2) is 7.94. The molecular formula is C19H21N3O5. The van der Waals surface area contributed by atoms with Crippen molar-refractivity contribution in [3.63, 3.8) is 0 Å². The lowest BCUT2D eigenvalue weighted by Gasteiger charge is -2.12.